The molecule has 6 nitrogen and oxygen atoms in total. The minimum absolute atomic E-state index is 0.0551. The molecule has 1 aliphatic heterocycles. The second-order valence-electron chi connectivity index (χ2n) is 4.47. The van der Waals surface area contributed by atoms with E-state index in [0.29, 0.717) is 36.9 Å². The van der Waals surface area contributed by atoms with Gasteiger partial charge in [-0.25, -0.2) is 0 Å². The van der Waals surface area contributed by atoms with Gasteiger partial charge in [-0.3, -0.25) is 14.6 Å². The van der Waals surface area contributed by atoms with Crippen LogP contribution in [0.5, 0.6) is 0 Å². The molecule has 0 saturated carbocycles. The maximum atomic E-state index is 12.2. The Kier molecular flexibility index (Phi) is 4.92. The van der Waals surface area contributed by atoms with Crippen LogP contribution in [0.15, 0.2) is 18.3 Å². The Morgan fingerprint density at radius 2 is 1.95 bits per heavy atom. The largest absolute Gasteiger partial charge is 0.375 e. The summed E-state index contributed by atoms with van der Waals surface area (Å²) in [5.41, 5.74) is 0.328. The molecule has 1 aliphatic rings. The van der Waals surface area contributed by atoms with Crippen molar-refractivity contribution in [2.45, 2.75) is 0 Å². The van der Waals surface area contributed by atoms with Gasteiger partial charge < -0.3 is 14.5 Å². The number of hydrogen-bond donors (Lipinski definition) is 0. The van der Waals surface area contributed by atoms with Crippen molar-refractivity contribution >= 4 is 23.4 Å². The summed E-state index contributed by atoms with van der Waals surface area (Å²) in [6.07, 6.45) is 1.51. The Morgan fingerprint density at radius 3 is 2.55 bits per heavy atom. The smallest absolute Gasteiger partial charge is 0.272 e. The maximum Gasteiger partial charge on any atom is 0.272 e. The number of amides is 2. The first-order valence-electron chi connectivity index (χ1n) is 6.29. The molecule has 2 rings (SSSR count). The molecule has 0 N–H and O–H groups in total. The average Bonchev–Trinajstić information content (AvgIpc) is 2.47. The molecule has 0 atom stereocenters. The molecule has 20 heavy (non-hydrogen) atoms. The van der Waals surface area contributed by atoms with Crippen molar-refractivity contribution in [2.75, 3.05) is 39.9 Å². The number of carbonyl (C=O) groups is 2. The van der Waals surface area contributed by atoms with Gasteiger partial charge in [0.15, 0.2) is 0 Å². The van der Waals surface area contributed by atoms with E-state index in [2.05, 4.69) is 4.98 Å². The van der Waals surface area contributed by atoms with Crippen molar-refractivity contribution in [3.63, 3.8) is 0 Å². The van der Waals surface area contributed by atoms with Gasteiger partial charge in [0.2, 0.25) is 5.91 Å². The minimum atomic E-state index is -0.161. The monoisotopic (exact) mass is 297 g/mol. The first kappa shape index (κ1) is 14.7. The van der Waals surface area contributed by atoms with Crippen LogP contribution in [0.3, 0.4) is 0 Å². The number of pyridine rings is 1. The van der Waals surface area contributed by atoms with Gasteiger partial charge in [-0.05, 0) is 12.1 Å². The summed E-state index contributed by atoms with van der Waals surface area (Å²) in [6, 6.07) is 3.17. The van der Waals surface area contributed by atoms with Crippen molar-refractivity contribution in [3.8, 4) is 0 Å². The lowest BCUT2D eigenvalue weighted by molar-refractivity contribution is -0.136. The quantitative estimate of drug-likeness (QED) is 0.822. The first-order chi connectivity index (χ1) is 9.61. The summed E-state index contributed by atoms with van der Waals surface area (Å²) in [6.45, 7) is 2.07. The molecular weight excluding hydrogens is 282 g/mol. The van der Waals surface area contributed by atoms with Crippen LogP contribution >= 0.6 is 11.6 Å². The zero-order valence-electron chi connectivity index (χ0n) is 11.2. The topological polar surface area (TPSA) is 62.7 Å². The van der Waals surface area contributed by atoms with E-state index in [4.69, 9.17) is 16.3 Å². The minimum Gasteiger partial charge on any atom is -0.375 e. The molecule has 0 aromatic carbocycles. The Bertz CT molecular complexity index is 501. The molecule has 0 spiro atoms. The van der Waals surface area contributed by atoms with E-state index in [1.54, 1.807) is 21.9 Å². The van der Waals surface area contributed by atoms with E-state index in [1.807, 2.05) is 0 Å². The predicted octanol–water partition coefficient (Wildman–Crippen LogP) is 0.666. The lowest BCUT2D eigenvalue weighted by Crippen LogP contribution is -2.51. The Morgan fingerprint density at radius 1 is 1.30 bits per heavy atom. The van der Waals surface area contributed by atoms with E-state index in [-0.39, 0.29) is 18.4 Å². The van der Waals surface area contributed by atoms with Crippen LogP contribution in [0.1, 0.15) is 10.5 Å². The van der Waals surface area contributed by atoms with Gasteiger partial charge >= 0.3 is 0 Å². The highest BCUT2D eigenvalue weighted by atomic mass is 35.5. The third kappa shape index (κ3) is 3.46. The Hall–Kier alpha value is -1.66. The van der Waals surface area contributed by atoms with Gasteiger partial charge in [0, 0.05) is 44.5 Å². The zero-order chi connectivity index (χ0) is 14.5. The second-order valence-corrected chi connectivity index (χ2v) is 4.90. The second kappa shape index (κ2) is 6.67. The molecule has 0 unspecified atom stereocenters. The zero-order valence-corrected chi connectivity index (χ0v) is 12.0. The highest BCUT2D eigenvalue weighted by Gasteiger charge is 2.25. The summed E-state index contributed by atoms with van der Waals surface area (Å²) in [4.78, 5) is 31.3. The van der Waals surface area contributed by atoms with Crippen molar-refractivity contribution in [1.82, 2.24) is 14.8 Å². The Balaban J connectivity index is 1.93. The third-order valence-corrected chi connectivity index (χ3v) is 3.36. The number of nitrogens with zero attached hydrogens (tertiary/aromatic N) is 3. The van der Waals surface area contributed by atoms with E-state index in [0.717, 1.165) is 0 Å². The molecule has 1 aromatic heterocycles. The van der Waals surface area contributed by atoms with E-state index in [1.165, 1.54) is 13.3 Å². The molecule has 0 bridgehead atoms. The highest BCUT2D eigenvalue weighted by molar-refractivity contribution is 6.30. The normalized spacial score (nSPS) is 15.3. The molecule has 0 aliphatic carbocycles. The number of aromatic nitrogens is 1. The fourth-order valence-electron chi connectivity index (χ4n) is 2.06. The molecule has 2 amide bonds. The SMILES string of the molecule is COCC(=O)N1CCN(C(=O)c2cc(Cl)ccn2)CC1. The summed E-state index contributed by atoms with van der Waals surface area (Å²) < 4.78 is 4.82. The molecule has 0 radical (unpaired) electrons. The number of rotatable bonds is 3. The summed E-state index contributed by atoms with van der Waals surface area (Å²) in [5.74, 6) is -0.216. The molecule has 1 aromatic rings. The van der Waals surface area contributed by atoms with E-state index < -0.39 is 0 Å². The standard InChI is InChI=1S/C13H16ClN3O3/c1-20-9-12(18)16-4-6-17(7-5-16)13(19)11-8-10(14)2-3-15-11/h2-3,8H,4-7,9H2,1H3. The van der Waals surface area contributed by atoms with Crippen molar-refractivity contribution < 1.29 is 14.3 Å². The van der Waals surface area contributed by atoms with Crippen LogP contribution in [0.4, 0.5) is 0 Å². The van der Waals surface area contributed by atoms with Gasteiger partial charge in [0.25, 0.3) is 5.91 Å². The van der Waals surface area contributed by atoms with E-state index >= 15 is 0 Å². The maximum absolute atomic E-state index is 12.2. The van der Waals surface area contributed by atoms with Gasteiger partial charge in [0.1, 0.15) is 12.3 Å². The summed E-state index contributed by atoms with van der Waals surface area (Å²) in [5, 5.41) is 0.484. The van der Waals surface area contributed by atoms with Crippen molar-refractivity contribution in [3.05, 3.63) is 29.0 Å². The third-order valence-electron chi connectivity index (χ3n) is 3.13. The number of carbonyl (C=O) groups excluding carboxylic acids is 2. The number of halogens is 1. The van der Waals surface area contributed by atoms with Crippen molar-refractivity contribution in [1.29, 1.82) is 0 Å². The van der Waals surface area contributed by atoms with Gasteiger partial charge in [0.05, 0.1) is 0 Å². The van der Waals surface area contributed by atoms with Crippen LogP contribution in [-0.2, 0) is 9.53 Å². The summed E-state index contributed by atoms with van der Waals surface area (Å²) in [7, 11) is 1.49. The van der Waals surface area contributed by atoms with Gasteiger partial charge in [-0.15, -0.1) is 0 Å². The molecule has 1 saturated heterocycles. The first-order valence-corrected chi connectivity index (χ1v) is 6.67. The summed E-state index contributed by atoms with van der Waals surface area (Å²) >= 11 is 5.85. The van der Waals surface area contributed by atoms with Crippen molar-refractivity contribution in [2.24, 2.45) is 0 Å². The van der Waals surface area contributed by atoms with Crippen LogP contribution in [0.2, 0.25) is 5.02 Å². The molecular formula is C13H16ClN3O3. The number of piperazine rings is 1. The molecule has 1 fully saturated rings. The van der Waals surface area contributed by atoms with Crippen LogP contribution < -0.4 is 0 Å². The lowest BCUT2D eigenvalue weighted by atomic mass is 10.2. The van der Waals surface area contributed by atoms with Gasteiger partial charge in [-0.2, -0.15) is 0 Å². The van der Waals surface area contributed by atoms with Gasteiger partial charge in [-0.1, -0.05) is 11.6 Å². The molecule has 7 heteroatoms. The van der Waals surface area contributed by atoms with Crippen LogP contribution in [0, 0.1) is 0 Å². The van der Waals surface area contributed by atoms with E-state index in [9.17, 15) is 9.59 Å². The van der Waals surface area contributed by atoms with Crippen LogP contribution in [0.25, 0.3) is 0 Å². The Labute approximate surface area is 122 Å². The molecule has 108 valence electrons. The highest BCUT2D eigenvalue weighted by Crippen LogP contribution is 2.12. The number of hydrogen-bond acceptors (Lipinski definition) is 4. The number of ether oxygens (including phenoxy) is 1. The fourth-order valence-corrected chi connectivity index (χ4v) is 2.22. The molecule has 2 heterocycles. The van der Waals surface area contributed by atoms with Crippen LogP contribution in [-0.4, -0.2) is 66.5 Å². The average molecular weight is 298 g/mol. The lowest BCUT2D eigenvalue weighted by Gasteiger charge is -2.34. The number of methoxy groups -OCH3 is 1. The predicted molar refractivity (Wildman–Crippen MR) is 73.6 cm³/mol. The fraction of sp³-hybridized carbons (Fsp3) is 0.462.